The Balaban J connectivity index is 1.48. The molecule has 1 heterocycles. The van der Waals surface area contributed by atoms with Crippen molar-refractivity contribution in [2.24, 2.45) is 0 Å². The number of nitrogens with zero attached hydrogens (tertiary/aromatic N) is 2. The minimum atomic E-state index is -0.160. The maximum absolute atomic E-state index is 12.4. The van der Waals surface area contributed by atoms with E-state index in [9.17, 15) is 4.79 Å². The van der Waals surface area contributed by atoms with Crippen LogP contribution in [-0.4, -0.2) is 27.3 Å². The Morgan fingerprint density at radius 3 is 2.92 bits per heavy atom. The Labute approximate surface area is 160 Å². The van der Waals surface area contributed by atoms with Gasteiger partial charge in [-0.3, -0.25) is 4.79 Å². The first-order chi connectivity index (χ1) is 12.7. The topological polar surface area (TPSA) is 46.9 Å². The van der Waals surface area contributed by atoms with Gasteiger partial charge in [0.05, 0.1) is 5.25 Å². The monoisotopic (exact) mass is 369 g/mol. The molecule has 1 unspecified atom stereocenters. The highest BCUT2D eigenvalue weighted by molar-refractivity contribution is 8.00. The summed E-state index contributed by atoms with van der Waals surface area (Å²) in [7, 11) is 0. The fourth-order valence-corrected chi connectivity index (χ4v) is 4.04. The van der Waals surface area contributed by atoms with Crippen LogP contribution in [0.15, 0.2) is 59.5 Å². The standard InChI is InChI=1S/C21H27N3OS/c1-17(20(25)22-13-12-18-8-4-2-5-9-18)26-21-23-14-15-24(21)16-19-10-6-3-7-11-19/h3,6-8,10-11,14-15,17H,2,4-5,9,12-13,16H2,1H3,(H,22,25). The zero-order chi connectivity index (χ0) is 18.2. The van der Waals surface area contributed by atoms with Gasteiger partial charge in [0.1, 0.15) is 0 Å². The van der Waals surface area contributed by atoms with Gasteiger partial charge in [0, 0.05) is 25.5 Å². The Bertz CT molecular complexity index is 739. The van der Waals surface area contributed by atoms with Gasteiger partial charge in [-0.2, -0.15) is 0 Å². The number of benzene rings is 1. The van der Waals surface area contributed by atoms with Crippen molar-refractivity contribution in [2.75, 3.05) is 6.54 Å². The van der Waals surface area contributed by atoms with Crippen molar-refractivity contribution in [1.82, 2.24) is 14.9 Å². The van der Waals surface area contributed by atoms with Crippen molar-refractivity contribution in [3.8, 4) is 0 Å². The van der Waals surface area contributed by atoms with Crippen LogP contribution in [0.1, 0.15) is 44.6 Å². The number of aromatic nitrogens is 2. The molecule has 0 radical (unpaired) electrons. The van der Waals surface area contributed by atoms with Gasteiger partial charge in [0.15, 0.2) is 5.16 Å². The third-order valence-electron chi connectivity index (χ3n) is 4.65. The minimum absolute atomic E-state index is 0.0840. The predicted octanol–water partition coefficient (Wildman–Crippen LogP) is 4.42. The predicted molar refractivity (Wildman–Crippen MR) is 107 cm³/mol. The number of allylic oxidation sites excluding steroid dienone is 1. The van der Waals surface area contributed by atoms with Gasteiger partial charge in [-0.15, -0.1) is 0 Å². The van der Waals surface area contributed by atoms with E-state index in [0.717, 1.165) is 24.7 Å². The molecule has 1 aliphatic rings. The molecule has 138 valence electrons. The van der Waals surface area contributed by atoms with Crippen molar-refractivity contribution < 1.29 is 4.79 Å². The molecule has 1 N–H and O–H groups in total. The molecule has 1 aromatic heterocycles. The highest BCUT2D eigenvalue weighted by Gasteiger charge is 2.17. The summed E-state index contributed by atoms with van der Waals surface area (Å²) in [5.41, 5.74) is 2.72. The van der Waals surface area contributed by atoms with Crippen LogP contribution in [0.3, 0.4) is 0 Å². The van der Waals surface area contributed by atoms with Crippen LogP contribution in [0.2, 0.25) is 0 Å². The first-order valence-corrected chi connectivity index (χ1v) is 10.3. The third kappa shape index (κ3) is 5.49. The van der Waals surface area contributed by atoms with E-state index in [1.807, 2.05) is 31.3 Å². The second-order valence-corrected chi connectivity index (χ2v) is 8.04. The fraction of sp³-hybridized carbons (Fsp3) is 0.429. The largest absolute Gasteiger partial charge is 0.355 e. The molecule has 0 spiro atoms. The van der Waals surface area contributed by atoms with Gasteiger partial charge in [-0.25, -0.2) is 4.98 Å². The van der Waals surface area contributed by atoms with Crippen molar-refractivity contribution in [2.45, 2.75) is 56.0 Å². The van der Waals surface area contributed by atoms with E-state index in [1.54, 1.807) is 6.20 Å². The van der Waals surface area contributed by atoms with Crippen LogP contribution >= 0.6 is 11.8 Å². The Hall–Kier alpha value is -2.01. The fourth-order valence-electron chi connectivity index (χ4n) is 3.15. The molecule has 1 aromatic carbocycles. The Morgan fingerprint density at radius 2 is 2.15 bits per heavy atom. The third-order valence-corrected chi connectivity index (χ3v) is 5.77. The highest BCUT2D eigenvalue weighted by Crippen LogP contribution is 2.23. The molecule has 26 heavy (non-hydrogen) atoms. The van der Waals surface area contributed by atoms with E-state index in [2.05, 4.69) is 33.1 Å². The van der Waals surface area contributed by atoms with Gasteiger partial charge in [-0.05, 0) is 44.6 Å². The zero-order valence-corrected chi connectivity index (χ0v) is 16.2. The minimum Gasteiger partial charge on any atom is -0.355 e. The van der Waals surface area contributed by atoms with Crippen molar-refractivity contribution in [3.63, 3.8) is 0 Å². The van der Waals surface area contributed by atoms with Crippen LogP contribution in [0, 0.1) is 0 Å². The maximum atomic E-state index is 12.4. The van der Waals surface area contributed by atoms with Crippen molar-refractivity contribution >= 4 is 17.7 Å². The van der Waals surface area contributed by atoms with E-state index in [1.165, 1.54) is 48.6 Å². The van der Waals surface area contributed by atoms with E-state index in [4.69, 9.17) is 0 Å². The summed E-state index contributed by atoms with van der Waals surface area (Å²) in [5.74, 6) is 0.0840. The summed E-state index contributed by atoms with van der Waals surface area (Å²) in [6.45, 7) is 3.45. The lowest BCUT2D eigenvalue weighted by atomic mass is 9.97. The molecule has 1 aliphatic carbocycles. The zero-order valence-electron chi connectivity index (χ0n) is 15.4. The van der Waals surface area contributed by atoms with Crippen LogP contribution in [0.25, 0.3) is 0 Å². The summed E-state index contributed by atoms with van der Waals surface area (Å²) in [4.78, 5) is 16.8. The number of nitrogens with one attached hydrogen (secondary N) is 1. The Morgan fingerprint density at radius 1 is 1.31 bits per heavy atom. The highest BCUT2D eigenvalue weighted by atomic mass is 32.2. The second kappa shape index (κ2) is 9.62. The number of carbonyl (C=O) groups excluding carboxylic acids is 1. The van der Waals surface area contributed by atoms with Crippen LogP contribution in [0.4, 0.5) is 0 Å². The lowest BCUT2D eigenvalue weighted by Gasteiger charge is -2.15. The summed E-state index contributed by atoms with van der Waals surface area (Å²) in [6, 6.07) is 10.3. The number of hydrogen-bond acceptors (Lipinski definition) is 3. The summed E-state index contributed by atoms with van der Waals surface area (Å²) in [6.07, 6.45) is 12.1. The van der Waals surface area contributed by atoms with Gasteiger partial charge in [0.25, 0.3) is 0 Å². The van der Waals surface area contributed by atoms with E-state index in [0.29, 0.717) is 0 Å². The molecule has 0 saturated heterocycles. The van der Waals surface area contributed by atoms with Gasteiger partial charge < -0.3 is 9.88 Å². The average Bonchev–Trinajstić information content (AvgIpc) is 3.10. The smallest absolute Gasteiger partial charge is 0.233 e. The molecule has 0 aliphatic heterocycles. The first-order valence-electron chi connectivity index (χ1n) is 9.39. The molecular formula is C21H27N3OS. The molecule has 5 heteroatoms. The molecule has 3 rings (SSSR count). The molecule has 0 bridgehead atoms. The normalized spacial score (nSPS) is 15.3. The van der Waals surface area contributed by atoms with Crippen molar-refractivity contribution in [1.29, 1.82) is 0 Å². The SMILES string of the molecule is CC(Sc1nccn1Cc1ccccc1)C(=O)NCCC1=CCCCC1. The molecule has 1 atom stereocenters. The van der Waals surface area contributed by atoms with Gasteiger partial charge in [-0.1, -0.05) is 53.7 Å². The van der Waals surface area contributed by atoms with E-state index < -0.39 is 0 Å². The number of imidazole rings is 1. The lowest BCUT2D eigenvalue weighted by Crippen LogP contribution is -2.32. The molecular weight excluding hydrogens is 342 g/mol. The van der Waals surface area contributed by atoms with Gasteiger partial charge >= 0.3 is 0 Å². The molecule has 0 saturated carbocycles. The van der Waals surface area contributed by atoms with Gasteiger partial charge in [0.2, 0.25) is 5.91 Å². The first kappa shape index (κ1) is 18.8. The van der Waals surface area contributed by atoms with Crippen molar-refractivity contribution in [3.05, 3.63) is 59.9 Å². The second-order valence-electron chi connectivity index (χ2n) is 6.73. The average molecular weight is 370 g/mol. The summed E-state index contributed by atoms with van der Waals surface area (Å²) >= 11 is 1.52. The van der Waals surface area contributed by atoms with Crippen LogP contribution < -0.4 is 5.32 Å². The number of hydrogen-bond donors (Lipinski definition) is 1. The quantitative estimate of drug-likeness (QED) is 0.553. The Kier molecular flexibility index (Phi) is 6.95. The van der Waals surface area contributed by atoms with E-state index in [-0.39, 0.29) is 11.2 Å². The number of rotatable bonds is 8. The molecule has 1 amide bonds. The molecule has 2 aromatic rings. The lowest BCUT2D eigenvalue weighted by molar-refractivity contribution is -0.120. The molecule has 4 nitrogen and oxygen atoms in total. The summed E-state index contributed by atoms with van der Waals surface area (Å²) in [5, 5.41) is 3.79. The van der Waals surface area contributed by atoms with Crippen LogP contribution in [-0.2, 0) is 11.3 Å². The molecule has 0 fully saturated rings. The van der Waals surface area contributed by atoms with E-state index >= 15 is 0 Å². The maximum Gasteiger partial charge on any atom is 0.233 e. The number of amides is 1. The number of thioether (sulfide) groups is 1. The van der Waals surface area contributed by atoms with Crippen LogP contribution in [0.5, 0.6) is 0 Å². The summed E-state index contributed by atoms with van der Waals surface area (Å²) < 4.78 is 2.09. The number of carbonyl (C=O) groups is 1.